The van der Waals surface area contributed by atoms with Gasteiger partial charge in [-0.3, -0.25) is 38.7 Å². The summed E-state index contributed by atoms with van der Waals surface area (Å²) in [6.45, 7) is 0.217. The molecular weight excluding hydrogens is 837 g/mol. The number of guanidine groups is 1. The second-order valence-corrected chi connectivity index (χ2v) is 18.2. The van der Waals surface area contributed by atoms with E-state index in [2.05, 4.69) is 25.7 Å². The van der Waals surface area contributed by atoms with Crippen LogP contribution in [0.15, 0.2) is 94.8 Å². The smallest absolute Gasteiger partial charge is 0.289 e. The van der Waals surface area contributed by atoms with Crippen molar-refractivity contribution in [3.8, 4) is 0 Å². The molecule has 64 heavy (non-hydrogen) atoms. The van der Waals surface area contributed by atoms with Gasteiger partial charge in [-0.05, 0) is 74.3 Å². The number of ketones is 1. The lowest BCUT2D eigenvalue weighted by Gasteiger charge is -2.27. The summed E-state index contributed by atoms with van der Waals surface area (Å²) in [5.74, 6) is -3.56. The summed E-state index contributed by atoms with van der Waals surface area (Å²) >= 11 is 0. The van der Waals surface area contributed by atoms with E-state index in [1.54, 1.807) is 72.8 Å². The fraction of sp³-hybridized carbons (Fsp3) is 0.468. The van der Waals surface area contributed by atoms with Crippen molar-refractivity contribution < 1.29 is 37.2 Å². The molecule has 0 saturated heterocycles. The molecule has 1 saturated carbocycles. The van der Waals surface area contributed by atoms with E-state index in [-0.39, 0.29) is 72.9 Å². The van der Waals surface area contributed by atoms with Crippen molar-refractivity contribution in [3.63, 3.8) is 0 Å². The van der Waals surface area contributed by atoms with Crippen LogP contribution in [0.5, 0.6) is 0 Å². The molecule has 0 radical (unpaired) electrons. The Hall–Kier alpha value is -5.94. The number of nitrogens with zero attached hydrogens (tertiary/aromatic N) is 2. The molecule has 1 fully saturated rings. The van der Waals surface area contributed by atoms with E-state index in [0.717, 1.165) is 57.8 Å². The van der Waals surface area contributed by atoms with Crippen LogP contribution in [0, 0.1) is 11.8 Å². The molecule has 2 aliphatic rings. The second kappa shape index (κ2) is 24.8. The van der Waals surface area contributed by atoms with Crippen LogP contribution in [0.2, 0.25) is 0 Å². The van der Waals surface area contributed by atoms with Gasteiger partial charge in [-0.1, -0.05) is 106 Å². The molecule has 344 valence electrons. The normalized spacial score (nSPS) is 15.2. The van der Waals surface area contributed by atoms with E-state index in [0.29, 0.717) is 42.5 Å². The number of aliphatic imine (C=N–C) groups is 1. The average molecular weight is 899 g/mol. The molecule has 3 aromatic carbocycles. The van der Waals surface area contributed by atoms with Crippen LogP contribution in [0.1, 0.15) is 110 Å². The number of rotatable bonds is 27. The molecular formula is C47H62N8O8S. The van der Waals surface area contributed by atoms with Crippen LogP contribution >= 0.6 is 0 Å². The zero-order chi connectivity index (χ0) is 45.9. The molecule has 1 aliphatic heterocycles. The number of imide groups is 1. The van der Waals surface area contributed by atoms with Gasteiger partial charge < -0.3 is 27.4 Å². The molecule has 0 unspecified atom stereocenters. The Morgan fingerprint density at radius 2 is 1.27 bits per heavy atom. The summed E-state index contributed by atoms with van der Waals surface area (Å²) in [5, 5.41) is 8.21. The van der Waals surface area contributed by atoms with Gasteiger partial charge in [0.2, 0.25) is 27.6 Å². The Bertz CT molecular complexity index is 2160. The van der Waals surface area contributed by atoms with Crippen LogP contribution in [0.3, 0.4) is 0 Å². The lowest BCUT2D eigenvalue weighted by molar-refractivity contribution is -0.140. The predicted octanol–water partition coefficient (Wildman–Crippen LogP) is 3.75. The molecule has 1 heterocycles. The van der Waals surface area contributed by atoms with Crippen LogP contribution in [-0.2, 0) is 35.6 Å². The summed E-state index contributed by atoms with van der Waals surface area (Å²) in [7, 11) is -3.84. The van der Waals surface area contributed by atoms with E-state index >= 15 is 0 Å². The molecule has 3 aromatic rings. The number of nitrogens with one attached hydrogen (secondary N) is 4. The van der Waals surface area contributed by atoms with Gasteiger partial charge in [-0.15, -0.1) is 0 Å². The molecule has 5 rings (SSSR count). The van der Waals surface area contributed by atoms with Gasteiger partial charge in [0, 0.05) is 38.5 Å². The monoisotopic (exact) mass is 898 g/mol. The van der Waals surface area contributed by atoms with Crippen molar-refractivity contribution in [1.29, 1.82) is 0 Å². The van der Waals surface area contributed by atoms with Gasteiger partial charge in [-0.25, -0.2) is 13.1 Å². The van der Waals surface area contributed by atoms with Crippen molar-refractivity contribution in [3.05, 3.63) is 102 Å². The van der Waals surface area contributed by atoms with E-state index in [4.69, 9.17) is 11.5 Å². The fourth-order valence-corrected chi connectivity index (χ4v) is 9.45. The molecule has 0 aromatic heterocycles. The Balaban J connectivity index is 1.16. The molecule has 3 atom stereocenters. The molecule has 16 nitrogen and oxygen atoms in total. The van der Waals surface area contributed by atoms with Gasteiger partial charge in [-0.2, -0.15) is 0 Å². The van der Waals surface area contributed by atoms with Gasteiger partial charge in [0.25, 0.3) is 17.7 Å². The number of carbonyl (C=O) groups is 6. The third-order valence-corrected chi connectivity index (χ3v) is 13.3. The van der Waals surface area contributed by atoms with Gasteiger partial charge in [0.1, 0.15) is 12.1 Å². The number of unbranched alkanes of at least 4 members (excludes halogenated alkanes) is 5. The minimum Gasteiger partial charge on any atom is -0.370 e. The number of carbonyl (C=O) groups excluding carboxylic acids is 6. The second-order valence-electron chi connectivity index (χ2n) is 16.5. The number of amides is 5. The third kappa shape index (κ3) is 14.6. The van der Waals surface area contributed by atoms with Crippen molar-refractivity contribution in [1.82, 2.24) is 25.6 Å². The number of hydrogen-bond acceptors (Lipinski definition) is 9. The molecule has 17 heteroatoms. The molecule has 8 N–H and O–H groups in total. The van der Waals surface area contributed by atoms with Gasteiger partial charge in [0.15, 0.2) is 5.96 Å². The lowest BCUT2D eigenvalue weighted by atomic mass is 9.85. The Morgan fingerprint density at radius 3 is 1.91 bits per heavy atom. The number of sulfonamides is 1. The zero-order valence-electron chi connectivity index (χ0n) is 36.3. The lowest BCUT2D eigenvalue weighted by Crippen LogP contribution is -2.55. The van der Waals surface area contributed by atoms with Crippen molar-refractivity contribution in [2.45, 2.75) is 107 Å². The topological polar surface area (TPSA) is 252 Å². The van der Waals surface area contributed by atoms with Crippen molar-refractivity contribution in [2.75, 3.05) is 26.2 Å². The predicted molar refractivity (Wildman–Crippen MR) is 243 cm³/mol. The number of benzene rings is 3. The number of hydrogen-bond donors (Lipinski definition) is 6. The number of fused-ring (bicyclic) bond motifs is 1. The van der Waals surface area contributed by atoms with E-state index < -0.39 is 39.7 Å². The van der Waals surface area contributed by atoms with Crippen LogP contribution < -0.4 is 32.1 Å². The van der Waals surface area contributed by atoms with Gasteiger partial charge in [0.05, 0.1) is 16.0 Å². The Kier molecular flexibility index (Phi) is 19.0. The Morgan fingerprint density at radius 1 is 0.688 bits per heavy atom. The maximum atomic E-state index is 14.2. The highest BCUT2D eigenvalue weighted by molar-refractivity contribution is 7.89. The van der Waals surface area contributed by atoms with E-state index in [9.17, 15) is 37.2 Å². The molecule has 0 spiro atoms. The van der Waals surface area contributed by atoms with Gasteiger partial charge >= 0.3 is 0 Å². The van der Waals surface area contributed by atoms with Crippen LogP contribution in [0.4, 0.5) is 0 Å². The number of nitrogens with two attached hydrogens (primary N) is 2. The summed E-state index contributed by atoms with van der Waals surface area (Å²) in [6, 6.07) is 21.1. The fourth-order valence-electron chi connectivity index (χ4n) is 8.40. The highest BCUT2D eigenvalue weighted by Gasteiger charge is 2.36. The molecule has 1 aliphatic carbocycles. The first-order valence-electron chi connectivity index (χ1n) is 22.4. The minimum absolute atomic E-state index is 0.0123. The highest BCUT2D eigenvalue weighted by Crippen LogP contribution is 2.35. The first-order chi connectivity index (χ1) is 30.9. The van der Waals surface area contributed by atoms with E-state index in [1.807, 2.05) is 0 Å². The molecule has 0 bridgehead atoms. The molecule has 5 amide bonds. The SMILES string of the molecule is NC(N)=NCCC[C@H](NC(=O)[C@H](CCCCCCCCN1C(=O)c2ccccc2C1=O)C1CCCC1)C(=O)N[C@@H](Cc1ccccc1)C(=O)C(=O)NCCNS(=O)(=O)c1ccccc1. The maximum absolute atomic E-state index is 14.2. The van der Waals surface area contributed by atoms with E-state index in [1.165, 1.54) is 17.0 Å². The third-order valence-electron chi connectivity index (χ3n) is 11.8. The summed E-state index contributed by atoms with van der Waals surface area (Å²) < 4.78 is 27.6. The zero-order valence-corrected chi connectivity index (χ0v) is 37.2. The van der Waals surface area contributed by atoms with Crippen LogP contribution in [0.25, 0.3) is 0 Å². The highest BCUT2D eigenvalue weighted by atomic mass is 32.2. The minimum atomic E-state index is -3.84. The summed E-state index contributed by atoms with van der Waals surface area (Å²) in [6.07, 6.45) is 10.1. The Labute approximate surface area is 375 Å². The first-order valence-corrected chi connectivity index (χ1v) is 23.9. The standard InChI is InChI=1S/C47H62N8O8S/c48-47(49)51-28-17-27-39(43(58)54-40(32-33-18-7-5-8-19-33)41(56)44(59)50-29-30-52-64(62,63)35-22-9-6-10-23-35)53-42(57)36(34-20-12-13-21-34)24-11-3-1-2-4-16-31-55-45(60)37-25-14-15-26-38(37)46(55)61/h5-10,14-15,18-19,22-23,25-26,34,36,39-40,52H,1-4,11-13,16-17,20-21,24,27-32H2,(H,50,59)(H,53,57)(H,54,58)(H4,48,49,51)/t36-,39+,40+/m1/s1. The quantitative estimate of drug-likeness (QED) is 0.0213. The summed E-state index contributed by atoms with van der Waals surface area (Å²) in [5.41, 5.74) is 12.7. The maximum Gasteiger partial charge on any atom is 0.289 e. The average Bonchev–Trinajstić information content (AvgIpc) is 3.91. The number of Topliss-reactive ketones (excluding diaryl/α,β-unsaturated/α-hetero) is 1. The first kappa shape index (κ1) is 49.1. The summed E-state index contributed by atoms with van der Waals surface area (Å²) in [4.78, 5) is 86.0. The van der Waals surface area contributed by atoms with Crippen LogP contribution in [-0.4, -0.2) is 92.9 Å². The van der Waals surface area contributed by atoms with Crippen molar-refractivity contribution >= 4 is 51.3 Å². The largest absolute Gasteiger partial charge is 0.370 e. The van der Waals surface area contributed by atoms with Crippen molar-refractivity contribution in [2.24, 2.45) is 28.3 Å².